The maximum Gasteiger partial charge on any atom is 0.338 e. The van der Waals surface area contributed by atoms with E-state index in [2.05, 4.69) is 12.1 Å². The molecule has 0 radical (unpaired) electrons. The number of ether oxygens (including phenoxy) is 1. The lowest BCUT2D eigenvalue weighted by Gasteiger charge is -2.28. The summed E-state index contributed by atoms with van der Waals surface area (Å²) in [5.74, 6) is -0.128. The minimum Gasteiger partial charge on any atom is -0.451 e. The van der Waals surface area contributed by atoms with Crippen molar-refractivity contribution in [2.45, 2.75) is 31.3 Å². The van der Waals surface area contributed by atoms with Gasteiger partial charge in [0.05, 0.1) is 5.56 Å². The summed E-state index contributed by atoms with van der Waals surface area (Å²) in [6.45, 7) is 0. The molecule has 0 saturated heterocycles. The zero-order valence-corrected chi connectivity index (χ0v) is 12.3. The van der Waals surface area contributed by atoms with Crippen molar-refractivity contribution in [3.05, 3.63) is 71.8 Å². The Labute approximate surface area is 129 Å². The third-order valence-corrected chi connectivity index (χ3v) is 4.13. The van der Waals surface area contributed by atoms with E-state index < -0.39 is 12.1 Å². The molecule has 0 amide bonds. The number of Topliss-reactive ketones (excluding diaryl/α,β-unsaturated/α-hetero) is 1. The summed E-state index contributed by atoms with van der Waals surface area (Å²) >= 11 is 0. The molecule has 1 aliphatic rings. The van der Waals surface area contributed by atoms with Crippen LogP contribution >= 0.6 is 0 Å². The molecule has 0 N–H and O–H groups in total. The number of benzene rings is 2. The second-order valence-electron chi connectivity index (χ2n) is 5.61. The van der Waals surface area contributed by atoms with Crippen molar-refractivity contribution < 1.29 is 14.3 Å². The van der Waals surface area contributed by atoms with Gasteiger partial charge in [0, 0.05) is 6.42 Å². The molecule has 3 rings (SSSR count). The molecule has 2 atom stereocenters. The van der Waals surface area contributed by atoms with Crippen molar-refractivity contribution >= 4 is 11.8 Å². The van der Waals surface area contributed by atoms with Gasteiger partial charge >= 0.3 is 5.97 Å². The molecule has 0 spiro atoms. The first-order chi connectivity index (χ1) is 10.7. The van der Waals surface area contributed by atoms with Gasteiger partial charge in [0.1, 0.15) is 0 Å². The second kappa shape index (κ2) is 6.56. The van der Waals surface area contributed by atoms with Crippen LogP contribution in [0.2, 0.25) is 0 Å². The van der Waals surface area contributed by atoms with Crippen molar-refractivity contribution in [2.75, 3.05) is 0 Å². The third kappa shape index (κ3) is 3.25. The van der Waals surface area contributed by atoms with Gasteiger partial charge in [-0.25, -0.2) is 4.79 Å². The Hall–Kier alpha value is -2.42. The lowest BCUT2D eigenvalue weighted by molar-refractivity contribution is -0.130. The van der Waals surface area contributed by atoms with Crippen LogP contribution in [0.4, 0.5) is 0 Å². The Morgan fingerprint density at radius 2 is 1.59 bits per heavy atom. The molecule has 112 valence electrons. The minimum atomic E-state index is -0.633. The average Bonchev–Trinajstić information content (AvgIpc) is 2.58. The van der Waals surface area contributed by atoms with Crippen molar-refractivity contribution in [1.82, 2.24) is 0 Å². The van der Waals surface area contributed by atoms with Crippen LogP contribution in [-0.4, -0.2) is 17.9 Å². The van der Waals surface area contributed by atoms with Crippen LogP contribution in [0.15, 0.2) is 60.7 Å². The normalized spacial score (nSPS) is 21.4. The SMILES string of the molecule is O=C(O[C@@H]1C[C@H](c2ccccc2)CCC1=O)c1ccccc1. The van der Waals surface area contributed by atoms with E-state index in [1.54, 1.807) is 24.3 Å². The Kier molecular flexibility index (Phi) is 4.33. The summed E-state index contributed by atoms with van der Waals surface area (Å²) in [5.41, 5.74) is 1.69. The van der Waals surface area contributed by atoms with Crippen LogP contribution < -0.4 is 0 Å². The highest BCUT2D eigenvalue weighted by atomic mass is 16.5. The highest BCUT2D eigenvalue weighted by Gasteiger charge is 2.32. The van der Waals surface area contributed by atoms with E-state index in [1.165, 1.54) is 5.56 Å². The van der Waals surface area contributed by atoms with Gasteiger partial charge in [0.25, 0.3) is 0 Å². The number of rotatable bonds is 3. The lowest BCUT2D eigenvalue weighted by atomic mass is 9.82. The highest BCUT2D eigenvalue weighted by Crippen LogP contribution is 2.32. The lowest BCUT2D eigenvalue weighted by Crippen LogP contribution is -2.33. The molecule has 0 aliphatic heterocycles. The summed E-state index contributed by atoms with van der Waals surface area (Å²) in [4.78, 5) is 24.2. The van der Waals surface area contributed by atoms with Gasteiger partial charge in [0.2, 0.25) is 0 Å². The number of carbonyl (C=O) groups is 2. The number of carbonyl (C=O) groups excluding carboxylic acids is 2. The van der Waals surface area contributed by atoms with Gasteiger partial charge < -0.3 is 4.74 Å². The maximum absolute atomic E-state index is 12.1. The molecule has 0 aromatic heterocycles. The summed E-state index contributed by atoms with van der Waals surface area (Å²) in [6.07, 6.45) is 1.22. The van der Waals surface area contributed by atoms with E-state index in [4.69, 9.17) is 4.74 Å². The molecule has 1 aliphatic carbocycles. The number of hydrogen-bond donors (Lipinski definition) is 0. The van der Waals surface area contributed by atoms with E-state index in [9.17, 15) is 9.59 Å². The fourth-order valence-corrected chi connectivity index (χ4v) is 2.90. The van der Waals surface area contributed by atoms with E-state index in [0.29, 0.717) is 18.4 Å². The van der Waals surface area contributed by atoms with Gasteiger partial charge in [-0.1, -0.05) is 48.5 Å². The summed E-state index contributed by atoms with van der Waals surface area (Å²) < 4.78 is 5.45. The molecule has 3 nitrogen and oxygen atoms in total. The first kappa shape index (κ1) is 14.5. The van der Waals surface area contributed by atoms with E-state index in [0.717, 1.165) is 6.42 Å². The zero-order chi connectivity index (χ0) is 15.4. The Balaban J connectivity index is 1.70. The van der Waals surface area contributed by atoms with Gasteiger partial charge in [-0.15, -0.1) is 0 Å². The predicted octanol–water partition coefficient (Wildman–Crippen LogP) is 3.75. The molecule has 0 heterocycles. The van der Waals surface area contributed by atoms with Gasteiger partial charge in [0.15, 0.2) is 11.9 Å². The first-order valence-corrected chi connectivity index (χ1v) is 7.58. The summed E-state index contributed by atoms with van der Waals surface area (Å²) in [6, 6.07) is 18.9. The molecule has 1 fully saturated rings. The van der Waals surface area contributed by atoms with Crippen LogP contribution in [0.5, 0.6) is 0 Å². The topological polar surface area (TPSA) is 43.4 Å². The van der Waals surface area contributed by atoms with E-state index >= 15 is 0 Å². The van der Waals surface area contributed by atoms with Crippen LogP contribution in [0.1, 0.15) is 41.1 Å². The molecular weight excluding hydrogens is 276 g/mol. The number of hydrogen-bond acceptors (Lipinski definition) is 3. The van der Waals surface area contributed by atoms with Gasteiger partial charge in [-0.2, -0.15) is 0 Å². The molecule has 2 aromatic rings. The average molecular weight is 294 g/mol. The maximum atomic E-state index is 12.1. The summed E-state index contributed by atoms with van der Waals surface area (Å²) in [7, 11) is 0. The Morgan fingerprint density at radius 3 is 2.27 bits per heavy atom. The largest absolute Gasteiger partial charge is 0.451 e. The van der Waals surface area contributed by atoms with Crippen LogP contribution in [0.25, 0.3) is 0 Å². The fourth-order valence-electron chi connectivity index (χ4n) is 2.90. The van der Waals surface area contributed by atoms with Crippen molar-refractivity contribution in [3.63, 3.8) is 0 Å². The predicted molar refractivity (Wildman–Crippen MR) is 83.7 cm³/mol. The number of ketones is 1. The smallest absolute Gasteiger partial charge is 0.338 e. The second-order valence-corrected chi connectivity index (χ2v) is 5.61. The molecule has 0 unspecified atom stereocenters. The van der Waals surface area contributed by atoms with Crippen LogP contribution in [-0.2, 0) is 9.53 Å². The third-order valence-electron chi connectivity index (χ3n) is 4.13. The number of esters is 1. The zero-order valence-electron chi connectivity index (χ0n) is 12.3. The van der Waals surface area contributed by atoms with E-state index in [1.807, 2.05) is 24.3 Å². The molecule has 0 bridgehead atoms. The van der Waals surface area contributed by atoms with Crippen molar-refractivity contribution in [3.8, 4) is 0 Å². The van der Waals surface area contributed by atoms with Gasteiger partial charge in [-0.05, 0) is 36.5 Å². The fraction of sp³-hybridized carbons (Fsp3) is 0.263. The van der Waals surface area contributed by atoms with Crippen LogP contribution in [0, 0.1) is 0 Å². The molecule has 3 heteroatoms. The molecule has 22 heavy (non-hydrogen) atoms. The summed E-state index contributed by atoms with van der Waals surface area (Å²) in [5, 5.41) is 0. The van der Waals surface area contributed by atoms with Gasteiger partial charge in [-0.3, -0.25) is 4.79 Å². The molecule has 1 saturated carbocycles. The minimum absolute atomic E-state index is 0.0245. The highest BCUT2D eigenvalue weighted by molar-refractivity contribution is 5.93. The Morgan fingerprint density at radius 1 is 0.955 bits per heavy atom. The van der Waals surface area contributed by atoms with Crippen LogP contribution in [0.3, 0.4) is 0 Å². The van der Waals surface area contributed by atoms with Crippen molar-refractivity contribution in [1.29, 1.82) is 0 Å². The molecule has 2 aromatic carbocycles. The standard InChI is InChI=1S/C19H18O3/c20-17-12-11-16(14-7-3-1-4-8-14)13-18(17)22-19(21)15-9-5-2-6-10-15/h1-10,16,18H,11-13H2/t16-,18-/m1/s1. The van der Waals surface area contributed by atoms with E-state index in [-0.39, 0.29) is 11.7 Å². The quantitative estimate of drug-likeness (QED) is 0.810. The Bertz CT molecular complexity index is 649. The van der Waals surface area contributed by atoms with Crippen molar-refractivity contribution in [2.24, 2.45) is 0 Å². The molecular formula is C19H18O3. The first-order valence-electron chi connectivity index (χ1n) is 7.58. The monoisotopic (exact) mass is 294 g/mol.